The lowest BCUT2D eigenvalue weighted by Gasteiger charge is -2.28. The van der Waals surface area contributed by atoms with Crippen LogP contribution in [-0.4, -0.2) is 24.3 Å². The van der Waals surface area contributed by atoms with E-state index in [1.165, 1.54) is 25.7 Å². The largest absolute Gasteiger partial charge is 0.372 e. The van der Waals surface area contributed by atoms with Crippen molar-refractivity contribution in [3.63, 3.8) is 0 Å². The number of nitrogens with one attached hydrogen (secondary N) is 1. The first-order valence-electron chi connectivity index (χ1n) is 4.35. The van der Waals surface area contributed by atoms with E-state index in [0.717, 1.165) is 0 Å². The molecule has 0 saturated carbocycles. The van der Waals surface area contributed by atoms with Gasteiger partial charge in [0.2, 0.25) is 0 Å². The van der Waals surface area contributed by atoms with Gasteiger partial charge in [-0.25, -0.2) is 0 Å². The zero-order valence-electron chi connectivity index (χ0n) is 6.05. The van der Waals surface area contributed by atoms with Gasteiger partial charge in [0.25, 0.3) is 0 Å². The molecule has 3 fully saturated rings. The lowest BCUT2D eigenvalue weighted by molar-refractivity contribution is -0.0148. The molecule has 0 spiro atoms. The molecule has 4 atom stereocenters. The summed E-state index contributed by atoms with van der Waals surface area (Å²) in [6, 6.07) is 1.42. The Morgan fingerprint density at radius 3 is 2.10 bits per heavy atom. The average molecular weight is 139 g/mol. The van der Waals surface area contributed by atoms with Crippen LogP contribution in [0.5, 0.6) is 0 Å². The number of morpholine rings is 1. The van der Waals surface area contributed by atoms with Crippen LogP contribution in [0, 0.1) is 0 Å². The number of ether oxygens (including phenoxy) is 1. The van der Waals surface area contributed by atoms with Gasteiger partial charge in [0.05, 0.1) is 12.2 Å². The summed E-state index contributed by atoms with van der Waals surface area (Å²) in [4.78, 5) is 0. The predicted octanol–water partition coefficient (Wildman–Crippen LogP) is 0.668. The standard InChI is InChI=1S/C8H13NO/c1-2-6-8-4-3-7(10-8)5(1)9-6/h5-9H,1-4H2/t5-,6-,7-,8-/m1/s1. The van der Waals surface area contributed by atoms with E-state index in [4.69, 9.17) is 4.74 Å². The maximum absolute atomic E-state index is 5.82. The molecule has 0 aromatic heterocycles. The van der Waals surface area contributed by atoms with E-state index in [2.05, 4.69) is 5.32 Å². The van der Waals surface area contributed by atoms with Crippen LogP contribution in [-0.2, 0) is 4.74 Å². The topological polar surface area (TPSA) is 21.3 Å². The van der Waals surface area contributed by atoms with E-state index in [1.807, 2.05) is 0 Å². The van der Waals surface area contributed by atoms with Crippen LogP contribution in [0.1, 0.15) is 25.7 Å². The fraction of sp³-hybridized carbons (Fsp3) is 1.00. The first-order valence-corrected chi connectivity index (χ1v) is 4.35. The van der Waals surface area contributed by atoms with Crippen LogP contribution in [0.4, 0.5) is 0 Å². The molecule has 4 bridgehead atoms. The molecule has 3 rings (SSSR count). The molecule has 2 nitrogen and oxygen atoms in total. The van der Waals surface area contributed by atoms with Gasteiger partial charge in [-0.1, -0.05) is 0 Å². The van der Waals surface area contributed by atoms with E-state index >= 15 is 0 Å². The van der Waals surface area contributed by atoms with Crippen molar-refractivity contribution >= 4 is 0 Å². The summed E-state index contributed by atoms with van der Waals surface area (Å²) < 4.78 is 5.82. The van der Waals surface area contributed by atoms with E-state index in [9.17, 15) is 0 Å². The van der Waals surface area contributed by atoms with Crippen molar-refractivity contribution in [3.8, 4) is 0 Å². The Morgan fingerprint density at radius 2 is 1.50 bits per heavy atom. The molecule has 0 amide bonds. The van der Waals surface area contributed by atoms with Gasteiger partial charge < -0.3 is 10.1 Å². The van der Waals surface area contributed by atoms with Crippen molar-refractivity contribution in [1.82, 2.24) is 5.32 Å². The Bertz CT molecular complexity index is 125. The Balaban J connectivity index is 1.94. The highest BCUT2D eigenvalue weighted by Gasteiger charge is 2.45. The van der Waals surface area contributed by atoms with E-state index in [-0.39, 0.29) is 0 Å². The van der Waals surface area contributed by atoms with Crippen molar-refractivity contribution in [1.29, 1.82) is 0 Å². The second-order valence-electron chi connectivity index (χ2n) is 3.75. The third-order valence-electron chi connectivity index (χ3n) is 3.20. The van der Waals surface area contributed by atoms with Gasteiger partial charge in [-0.15, -0.1) is 0 Å². The maximum Gasteiger partial charge on any atom is 0.0733 e. The SMILES string of the molecule is C1C[C@H]2N[C@H]1[C@H]1CC[C@H]2O1. The van der Waals surface area contributed by atoms with Crippen LogP contribution < -0.4 is 5.32 Å². The van der Waals surface area contributed by atoms with Gasteiger partial charge >= 0.3 is 0 Å². The average Bonchev–Trinajstić information content (AvgIpc) is 2.41. The Kier molecular flexibility index (Phi) is 0.968. The third kappa shape index (κ3) is 0.565. The number of hydrogen-bond acceptors (Lipinski definition) is 2. The second kappa shape index (κ2) is 1.74. The van der Waals surface area contributed by atoms with Gasteiger partial charge in [0.1, 0.15) is 0 Å². The zero-order chi connectivity index (χ0) is 6.55. The maximum atomic E-state index is 5.82. The molecule has 0 aromatic carbocycles. The predicted molar refractivity (Wildman–Crippen MR) is 37.8 cm³/mol. The molecule has 2 heteroatoms. The Labute approximate surface area is 60.9 Å². The van der Waals surface area contributed by atoms with Crippen molar-refractivity contribution in [2.75, 3.05) is 0 Å². The van der Waals surface area contributed by atoms with Gasteiger partial charge in [-0.2, -0.15) is 0 Å². The smallest absolute Gasteiger partial charge is 0.0733 e. The quantitative estimate of drug-likeness (QED) is 0.532. The van der Waals surface area contributed by atoms with Gasteiger partial charge in [0.15, 0.2) is 0 Å². The summed E-state index contributed by atoms with van der Waals surface area (Å²) in [5.41, 5.74) is 0. The summed E-state index contributed by atoms with van der Waals surface area (Å²) in [6.07, 6.45) is 6.46. The molecule has 1 N–H and O–H groups in total. The minimum Gasteiger partial charge on any atom is -0.372 e. The minimum atomic E-state index is 0.573. The van der Waals surface area contributed by atoms with E-state index < -0.39 is 0 Å². The molecule has 3 saturated heterocycles. The monoisotopic (exact) mass is 139 g/mol. The Hall–Kier alpha value is -0.0800. The first kappa shape index (κ1) is 5.56. The van der Waals surface area contributed by atoms with Crippen molar-refractivity contribution in [2.45, 2.75) is 50.0 Å². The van der Waals surface area contributed by atoms with Crippen LogP contribution in [0.15, 0.2) is 0 Å². The van der Waals surface area contributed by atoms with Gasteiger partial charge in [-0.3, -0.25) is 0 Å². The summed E-state index contributed by atoms with van der Waals surface area (Å²) in [7, 11) is 0. The fourth-order valence-corrected chi connectivity index (χ4v) is 2.67. The van der Waals surface area contributed by atoms with Crippen LogP contribution in [0.3, 0.4) is 0 Å². The lowest BCUT2D eigenvalue weighted by atomic mass is 10.0. The molecule has 56 valence electrons. The summed E-state index contributed by atoms with van der Waals surface area (Å²) in [6.45, 7) is 0. The highest BCUT2D eigenvalue weighted by molar-refractivity contribution is 5.01. The number of fused-ring (bicyclic) bond motifs is 6. The second-order valence-corrected chi connectivity index (χ2v) is 3.75. The highest BCUT2D eigenvalue weighted by Crippen LogP contribution is 2.37. The van der Waals surface area contributed by atoms with E-state index in [1.54, 1.807) is 0 Å². The van der Waals surface area contributed by atoms with Gasteiger partial charge in [-0.05, 0) is 25.7 Å². The zero-order valence-corrected chi connectivity index (χ0v) is 6.05. The van der Waals surface area contributed by atoms with Gasteiger partial charge in [0, 0.05) is 12.1 Å². The molecular formula is C8H13NO. The fourth-order valence-electron chi connectivity index (χ4n) is 2.67. The highest BCUT2D eigenvalue weighted by atomic mass is 16.5. The van der Waals surface area contributed by atoms with Crippen molar-refractivity contribution in [2.24, 2.45) is 0 Å². The molecule has 3 aliphatic rings. The first-order chi connectivity index (χ1) is 4.93. The molecule has 0 aliphatic carbocycles. The minimum absolute atomic E-state index is 0.573. The molecule has 10 heavy (non-hydrogen) atoms. The summed E-state index contributed by atoms with van der Waals surface area (Å²) in [5.74, 6) is 0. The Morgan fingerprint density at radius 1 is 0.900 bits per heavy atom. The van der Waals surface area contributed by atoms with Crippen molar-refractivity contribution < 1.29 is 4.74 Å². The lowest BCUT2D eigenvalue weighted by Crippen LogP contribution is -2.47. The van der Waals surface area contributed by atoms with Crippen molar-refractivity contribution in [3.05, 3.63) is 0 Å². The number of rotatable bonds is 0. The molecule has 0 unspecified atom stereocenters. The molecule has 0 aromatic rings. The van der Waals surface area contributed by atoms with Crippen LogP contribution >= 0.6 is 0 Å². The van der Waals surface area contributed by atoms with Crippen LogP contribution in [0.2, 0.25) is 0 Å². The third-order valence-corrected chi connectivity index (χ3v) is 3.20. The summed E-state index contributed by atoms with van der Waals surface area (Å²) in [5, 5.41) is 3.63. The van der Waals surface area contributed by atoms with E-state index in [0.29, 0.717) is 24.3 Å². The molecule has 0 radical (unpaired) electrons. The van der Waals surface area contributed by atoms with Crippen LogP contribution in [0.25, 0.3) is 0 Å². The summed E-state index contributed by atoms with van der Waals surface area (Å²) >= 11 is 0. The molecular weight excluding hydrogens is 126 g/mol. The molecule has 3 heterocycles. The number of hydrogen-bond donors (Lipinski definition) is 1. The normalized spacial score (nSPS) is 57.6. The molecule has 3 aliphatic heterocycles.